The molecule has 5 nitrogen and oxygen atoms in total. The summed E-state index contributed by atoms with van der Waals surface area (Å²) in [5.74, 6) is 0.111. The van der Waals surface area contributed by atoms with E-state index >= 15 is 0 Å². The quantitative estimate of drug-likeness (QED) is 0.584. The van der Waals surface area contributed by atoms with Gasteiger partial charge in [0, 0.05) is 37.0 Å². The lowest BCUT2D eigenvalue weighted by molar-refractivity contribution is -0.131. The van der Waals surface area contributed by atoms with Gasteiger partial charge in [-0.2, -0.15) is 5.26 Å². The van der Waals surface area contributed by atoms with Crippen LogP contribution in [0.15, 0.2) is 29.8 Å². The standard InChI is InChI=1S/C22H28FN4OP/c1-4-7-25-20-15(3)19(6-5-16(20)11-24)27-12-14(2)8-18(13-27)26-21(28)17-9-22(23,29)10-17/h4-7,14,17-18H,1,8-10,12-13,29H2,2-3H3,(H,26,28)/b25-7-/t14-,17?,18+,22?/m0/s1. The Morgan fingerprint density at radius 1 is 1.48 bits per heavy atom. The van der Waals surface area contributed by atoms with Gasteiger partial charge in [-0.3, -0.25) is 9.79 Å². The van der Waals surface area contributed by atoms with Crippen molar-refractivity contribution in [3.05, 3.63) is 35.9 Å². The smallest absolute Gasteiger partial charge is 0.223 e. The molecule has 1 amide bonds. The van der Waals surface area contributed by atoms with E-state index in [1.165, 1.54) is 0 Å². The molecule has 0 radical (unpaired) electrons. The monoisotopic (exact) mass is 414 g/mol. The maximum absolute atomic E-state index is 13.7. The summed E-state index contributed by atoms with van der Waals surface area (Å²) in [4.78, 5) is 19.1. The Morgan fingerprint density at radius 2 is 2.21 bits per heavy atom. The summed E-state index contributed by atoms with van der Waals surface area (Å²) in [5, 5.41) is 11.3. The summed E-state index contributed by atoms with van der Waals surface area (Å²) >= 11 is 0. The van der Waals surface area contributed by atoms with E-state index in [1.807, 2.05) is 13.0 Å². The average molecular weight is 414 g/mol. The first-order valence-electron chi connectivity index (χ1n) is 9.96. The summed E-state index contributed by atoms with van der Waals surface area (Å²) in [6.45, 7) is 9.33. The topological polar surface area (TPSA) is 68.5 Å². The van der Waals surface area contributed by atoms with Crippen molar-refractivity contribution in [2.24, 2.45) is 16.8 Å². The molecule has 3 rings (SSSR count). The number of halogens is 1. The van der Waals surface area contributed by atoms with E-state index in [0.29, 0.717) is 23.7 Å². The highest BCUT2D eigenvalue weighted by Gasteiger charge is 2.45. The Bertz CT molecular complexity index is 868. The normalized spacial score (nSPS) is 29.2. The number of nitrogens with one attached hydrogen (secondary N) is 1. The lowest BCUT2D eigenvalue weighted by Gasteiger charge is -2.41. The number of amides is 1. The molecule has 1 saturated heterocycles. The molecule has 2 fully saturated rings. The molecular formula is C22H28FN4OP. The second kappa shape index (κ2) is 8.63. The molecule has 1 aliphatic carbocycles. The van der Waals surface area contributed by atoms with E-state index < -0.39 is 5.41 Å². The third-order valence-electron chi connectivity index (χ3n) is 5.72. The van der Waals surface area contributed by atoms with Crippen molar-refractivity contribution in [3.63, 3.8) is 0 Å². The molecule has 154 valence electrons. The van der Waals surface area contributed by atoms with Crippen LogP contribution in [-0.2, 0) is 4.79 Å². The third-order valence-corrected chi connectivity index (χ3v) is 6.19. The molecule has 1 N–H and O–H groups in total. The predicted molar refractivity (Wildman–Crippen MR) is 118 cm³/mol. The van der Waals surface area contributed by atoms with Crippen molar-refractivity contribution in [3.8, 4) is 6.07 Å². The molecule has 2 aliphatic rings. The van der Waals surface area contributed by atoms with E-state index in [-0.39, 0.29) is 30.7 Å². The number of rotatable bonds is 5. The number of nitriles is 1. The van der Waals surface area contributed by atoms with Crippen molar-refractivity contribution in [1.29, 1.82) is 5.26 Å². The fraction of sp³-hybridized carbons (Fsp3) is 0.500. The molecule has 29 heavy (non-hydrogen) atoms. The number of aliphatic imine (C=N–C) groups is 1. The number of hydrogen-bond donors (Lipinski definition) is 1. The van der Waals surface area contributed by atoms with Crippen molar-refractivity contribution in [2.75, 3.05) is 18.0 Å². The zero-order valence-electron chi connectivity index (χ0n) is 17.0. The number of piperidine rings is 1. The average Bonchev–Trinajstić information content (AvgIpc) is 2.64. The number of carbonyl (C=O) groups is 1. The molecule has 7 heteroatoms. The largest absolute Gasteiger partial charge is 0.369 e. The summed E-state index contributed by atoms with van der Waals surface area (Å²) in [6.07, 6.45) is 4.62. The highest BCUT2D eigenvalue weighted by atomic mass is 31.0. The van der Waals surface area contributed by atoms with E-state index in [1.54, 1.807) is 18.4 Å². The minimum absolute atomic E-state index is 0.0144. The number of hydrogen-bond acceptors (Lipinski definition) is 4. The zero-order chi connectivity index (χ0) is 21.2. The van der Waals surface area contributed by atoms with Gasteiger partial charge in [-0.15, -0.1) is 0 Å². The maximum atomic E-state index is 13.7. The molecule has 0 aromatic heterocycles. The van der Waals surface area contributed by atoms with E-state index in [2.05, 4.69) is 44.0 Å². The zero-order valence-corrected chi connectivity index (χ0v) is 18.1. The van der Waals surface area contributed by atoms with Crippen LogP contribution in [0.2, 0.25) is 0 Å². The minimum Gasteiger partial charge on any atom is -0.369 e. The molecule has 0 bridgehead atoms. The van der Waals surface area contributed by atoms with Crippen molar-refractivity contribution >= 4 is 32.7 Å². The van der Waals surface area contributed by atoms with Crippen LogP contribution in [0.3, 0.4) is 0 Å². The number of nitrogens with zero attached hydrogens (tertiary/aromatic N) is 3. The molecule has 1 aromatic rings. The van der Waals surface area contributed by atoms with Crippen LogP contribution in [0, 0.1) is 30.1 Å². The van der Waals surface area contributed by atoms with Gasteiger partial charge < -0.3 is 10.2 Å². The minimum atomic E-state index is -1.28. The second-order valence-electron chi connectivity index (χ2n) is 8.32. The molecule has 1 saturated carbocycles. The van der Waals surface area contributed by atoms with Crippen LogP contribution in [-0.4, -0.2) is 36.7 Å². The summed E-state index contributed by atoms with van der Waals surface area (Å²) in [5.41, 5.74) is 3.13. The van der Waals surface area contributed by atoms with E-state index in [0.717, 1.165) is 24.2 Å². The number of benzene rings is 1. The first-order valence-corrected chi connectivity index (χ1v) is 10.5. The second-order valence-corrected chi connectivity index (χ2v) is 9.36. The van der Waals surface area contributed by atoms with Gasteiger partial charge in [0.2, 0.25) is 5.91 Å². The van der Waals surface area contributed by atoms with Gasteiger partial charge in [-0.25, -0.2) is 4.39 Å². The molecule has 0 spiro atoms. The highest BCUT2D eigenvalue weighted by Crippen LogP contribution is 2.46. The van der Waals surface area contributed by atoms with Gasteiger partial charge in [-0.1, -0.05) is 28.8 Å². The van der Waals surface area contributed by atoms with Gasteiger partial charge in [0.1, 0.15) is 11.5 Å². The molecule has 1 aliphatic heterocycles. The number of anilines is 1. The van der Waals surface area contributed by atoms with Crippen molar-refractivity contribution in [2.45, 2.75) is 44.6 Å². The predicted octanol–water partition coefficient (Wildman–Crippen LogP) is 4.04. The van der Waals surface area contributed by atoms with Crippen LogP contribution < -0.4 is 10.2 Å². The lowest BCUT2D eigenvalue weighted by Crippen LogP contribution is -2.54. The van der Waals surface area contributed by atoms with Crippen LogP contribution in [0.5, 0.6) is 0 Å². The van der Waals surface area contributed by atoms with Crippen molar-refractivity contribution < 1.29 is 9.18 Å². The first kappa shape index (κ1) is 21.5. The Morgan fingerprint density at radius 3 is 2.83 bits per heavy atom. The van der Waals surface area contributed by atoms with Gasteiger partial charge >= 0.3 is 0 Å². The number of alkyl halides is 1. The maximum Gasteiger partial charge on any atom is 0.223 e. The van der Waals surface area contributed by atoms with Crippen LogP contribution in [0.1, 0.15) is 37.3 Å². The Labute approximate surface area is 174 Å². The molecule has 1 heterocycles. The summed E-state index contributed by atoms with van der Waals surface area (Å²) < 4.78 is 13.7. The number of carbonyl (C=O) groups excluding carboxylic acids is 1. The Balaban J connectivity index is 1.77. The summed E-state index contributed by atoms with van der Waals surface area (Å²) in [7, 11) is 2.20. The Kier molecular flexibility index (Phi) is 6.39. The van der Waals surface area contributed by atoms with Crippen LogP contribution in [0.25, 0.3) is 0 Å². The van der Waals surface area contributed by atoms with Gasteiger partial charge in [-0.05, 0) is 49.8 Å². The fourth-order valence-electron chi connectivity index (χ4n) is 4.33. The lowest BCUT2D eigenvalue weighted by atomic mass is 9.81. The van der Waals surface area contributed by atoms with Gasteiger partial charge in [0.15, 0.2) is 0 Å². The molecule has 3 atom stereocenters. The first-order chi connectivity index (χ1) is 13.7. The van der Waals surface area contributed by atoms with Gasteiger partial charge in [0.25, 0.3) is 0 Å². The van der Waals surface area contributed by atoms with Gasteiger partial charge in [0.05, 0.1) is 11.3 Å². The van der Waals surface area contributed by atoms with Crippen LogP contribution >= 0.6 is 9.24 Å². The fourth-order valence-corrected chi connectivity index (χ4v) is 4.90. The Hall–Kier alpha value is -2.25. The van der Waals surface area contributed by atoms with Crippen molar-refractivity contribution in [1.82, 2.24) is 5.32 Å². The summed E-state index contributed by atoms with van der Waals surface area (Å²) in [6, 6.07) is 5.95. The molecule has 1 unspecified atom stereocenters. The number of allylic oxidation sites excluding steroid dienone is 1. The van der Waals surface area contributed by atoms with E-state index in [4.69, 9.17) is 0 Å². The molecule has 1 aromatic carbocycles. The van der Waals surface area contributed by atoms with E-state index in [9.17, 15) is 14.4 Å². The SMILES string of the molecule is C=C/C=N\c1c(C#N)ccc(N2C[C@@H](C)C[C@@H](NC(=O)C3CC(F)(P)C3)C2)c1C. The van der Waals surface area contributed by atoms with Crippen LogP contribution in [0.4, 0.5) is 15.8 Å². The molecular weight excluding hydrogens is 386 g/mol. The highest BCUT2D eigenvalue weighted by molar-refractivity contribution is 7.18. The third kappa shape index (κ3) is 4.85.